The van der Waals surface area contributed by atoms with Crippen LogP contribution in [0, 0.1) is 0 Å². The second-order valence-corrected chi connectivity index (χ2v) is 6.02. The summed E-state index contributed by atoms with van der Waals surface area (Å²) in [5.41, 5.74) is 1.45. The third-order valence-corrected chi connectivity index (χ3v) is 4.39. The molecule has 8 nitrogen and oxygen atoms in total. The Labute approximate surface area is 150 Å². The zero-order valence-electron chi connectivity index (χ0n) is 14.7. The van der Waals surface area contributed by atoms with Crippen LogP contribution in [0.2, 0.25) is 0 Å². The van der Waals surface area contributed by atoms with E-state index in [-0.39, 0.29) is 18.1 Å². The van der Waals surface area contributed by atoms with Gasteiger partial charge in [-0.2, -0.15) is 5.10 Å². The minimum absolute atomic E-state index is 0.215. The van der Waals surface area contributed by atoms with Crippen molar-refractivity contribution < 1.29 is 24.2 Å². The highest BCUT2D eigenvalue weighted by Gasteiger charge is 2.27. The molecule has 1 amide bonds. The fourth-order valence-electron chi connectivity index (χ4n) is 2.96. The molecule has 8 heteroatoms. The number of amides is 1. The quantitative estimate of drug-likeness (QED) is 0.823. The molecule has 1 N–H and O–H groups in total. The Morgan fingerprint density at radius 2 is 1.92 bits per heavy atom. The van der Waals surface area contributed by atoms with Crippen LogP contribution in [0.4, 0.5) is 0 Å². The fraction of sp³-hybridized carbons (Fsp3) is 0.389. The summed E-state index contributed by atoms with van der Waals surface area (Å²) in [6.07, 6.45) is -0.577. The van der Waals surface area contributed by atoms with Crippen LogP contribution < -0.4 is 4.74 Å². The van der Waals surface area contributed by atoms with Gasteiger partial charge >= 0.3 is 5.97 Å². The summed E-state index contributed by atoms with van der Waals surface area (Å²) < 4.78 is 11.5. The van der Waals surface area contributed by atoms with Crippen molar-refractivity contribution in [3.63, 3.8) is 0 Å². The van der Waals surface area contributed by atoms with Gasteiger partial charge in [-0.1, -0.05) is 12.1 Å². The van der Waals surface area contributed by atoms with Gasteiger partial charge in [-0.25, -0.2) is 4.79 Å². The van der Waals surface area contributed by atoms with E-state index in [9.17, 15) is 14.7 Å². The van der Waals surface area contributed by atoms with Gasteiger partial charge in [0.2, 0.25) is 0 Å². The first-order valence-electron chi connectivity index (χ1n) is 8.29. The van der Waals surface area contributed by atoms with Gasteiger partial charge in [0.25, 0.3) is 5.91 Å². The van der Waals surface area contributed by atoms with Crippen molar-refractivity contribution in [1.29, 1.82) is 0 Å². The number of hydrogen-bond donors (Lipinski definition) is 1. The molecule has 0 spiro atoms. The molecule has 1 atom stereocenters. The highest BCUT2D eigenvalue weighted by molar-refractivity contribution is 5.87. The number of methoxy groups -OCH3 is 2. The SMILES string of the molecule is COC(=O)c1cc2n(n1)CCCN(C(=O)[C@H](O)c1ccc(OC)cc1)C2. The molecule has 138 valence electrons. The minimum Gasteiger partial charge on any atom is -0.497 e. The lowest BCUT2D eigenvalue weighted by molar-refractivity contribution is -0.141. The van der Waals surface area contributed by atoms with E-state index in [0.717, 1.165) is 5.69 Å². The molecule has 1 aromatic heterocycles. The van der Waals surface area contributed by atoms with Crippen LogP contribution in [0.15, 0.2) is 30.3 Å². The number of nitrogens with zero attached hydrogens (tertiary/aromatic N) is 3. The Morgan fingerprint density at radius 3 is 2.58 bits per heavy atom. The van der Waals surface area contributed by atoms with Crippen LogP contribution in [0.1, 0.15) is 34.3 Å². The van der Waals surface area contributed by atoms with Crippen LogP contribution >= 0.6 is 0 Å². The number of aliphatic hydroxyl groups is 1. The molecular formula is C18H21N3O5. The Bertz CT molecular complexity index is 800. The van der Waals surface area contributed by atoms with Gasteiger partial charge in [0, 0.05) is 13.1 Å². The molecule has 0 fully saturated rings. The third-order valence-electron chi connectivity index (χ3n) is 4.39. The summed E-state index contributed by atoms with van der Waals surface area (Å²) in [7, 11) is 2.85. The molecular weight excluding hydrogens is 338 g/mol. The van der Waals surface area contributed by atoms with E-state index in [1.807, 2.05) is 0 Å². The van der Waals surface area contributed by atoms with E-state index < -0.39 is 12.1 Å². The van der Waals surface area contributed by atoms with Gasteiger partial charge in [-0.3, -0.25) is 9.48 Å². The topological polar surface area (TPSA) is 93.9 Å². The molecule has 0 bridgehead atoms. The maximum Gasteiger partial charge on any atom is 0.358 e. The Morgan fingerprint density at radius 1 is 1.19 bits per heavy atom. The standard InChI is InChI=1S/C18H21N3O5/c1-25-14-6-4-12(5-7-14)16(22)17(23)20-8-3-9-21-13(11-20)10-15(19-21)18(24)26-2/h4-7,10,16,22H,3,8-9,11H2,1-2H3/t16-/m1/s1. The van der Waals surface area contributed by atoms with Crippen molar-refractivity contribution in [3.8, 4) is 5.75 Å². The van der Waals surface area contributed by atoms with Crippen LogP contribution in [-0.2, 0) is 22.6 Å². The Balaban J connectivity index is 1.76. The highest BCUT2D eigenvalue weighted by atomic mass is 16.5. The first kappa shape index (κ1) is 17.9. The predicted molar refractivity (Wildman–Crippen MR) is 91.6 cm³/mol. The number of carbonyl (C=O) groups excluding carboxylic acids is 2. The fourth-order valence-corrected chi connectivity index (χ4v) is 2.96. The summed E-state index contributed by atoms with van der Waals surface area (Å²) >= 11 is 0. The van der Waals surface area contributed by atoms with Crippen molar-refractivity contribution in [1.82, 2.24) is 14.7 Å². The molecule has 1 aromatic carbocycles. The van der Waals surface area contributed by atoms with E-state index in [1.54, 1.807) is 47.0 Å². The largest absolute Gasteiger partial charge is 0.497 e. The van der Waals surface area contributed by atoms with Gasteiger partial charge in [0.15, 0.2) is 11.8 Å². The zero-order chi connectivity index (χ0) is 18.7. The van der Waals surface area contributed by atoms with Crippen molar-refractivity contribution in [3.05, 3.63) is 47.3 Å². The molecule has 0 saturated heterocycles. The van der Waals surface area contributed by atoms with Gasteiger partial charge < -0.3 is 19.5 Å². The van der Waals surface area contributed by atoms with Crippen molar-refractivity contribution in [2.45, 2.75) is 25.6 Å². The molecule has 3 rings (SSSR count). The third kappa shape index (κ3) is 3.55. The number of rotatable bonds is 4. The van der Waals surface area contributed by atoms with Crippen LogP contribution in [0.3, 0.4) is 0 Å². The lowest BCUT2D eigenvalue weighted by Crippen LogP contribution is -2.34. The number of aromatic nitrogens is 2. The highest BCUT2D eigenvalue weighted by Crippen LogP contribution is 2.22. The number of carbonyl (C=O) groups is 2. The maximum absolute atomic E-state index is 12.7. The Kier molecular flexibility index (Phi) is 5.22. The summed E-state index contributed by atoms with van der Waals surface area (Å²) in [4.78, 5) is 26.0. The van der Waals surface area contributed by atoms with Crippen molar-refractivity contribution in [2.24, 2.45) is 0 Å². The molecule has 2 aromatic rings. The monoisotopic (exact) mass is 359 g/mol. The number of hydrogen-bond acceptors (Lipinski definition) is 6. The maximum atomic E-state index is 12.7. The van der Waals surface area contributed by atoms with Gasteiger partial charge in [0.1, 0.15) is 5.75 Å². The van der Waals surface area contributed by atoms with Gasteiger partial charge in [-0.05, 0) is 30.2 Å². The van der Waals surface area contributed by atoms with E-state index in [2.05, 4.69) is 9.84 Å². The lowest BCUT2D eigenvalue weighted by atomic mass is 10.1. The molecule has 1 aliphatic heterocycles. The number of aliphatic hydroxyl groups excluding tert-OH is 1. The smallest absolute Gasteiger partial charge is 0.358 e. The van der Waals surface area contributed by atoms with Crippen LogP contribution in [0.5, 0.6) is 5.75 Å². The van der Waals surface area contributed by atoms with E-state index in [1.165, 1.54) is 7.11 Å². The van der Waals surface area contributed by atoms with Gasteiger partial charge in [0.05, 0.1) is 26.5 Å². The number of benzene rings is 1. The lowest BCUT2D eigenvalue weighted by Gasteiger charge is -2.23. The molecule has 0 saturated carbocycles. The first-order chi connectivity index (χ1) is 12.5. The zero-order valence-corrected chi connectivity index (χ0v) is 14.7. The summed E-state index contributed by atoms with van der Waals surface area (Å²) in [6.45, 7) is 1.37. The molecule has 26 heavy (non-hydrogen) atoms. The minimum atomic E-state index is -1.25. The second-order valence-electron chi connectivity index (χ2n) is 6.02. The Hall–Kier alpha value is -2.87. The normalized spacial score (nSPS) is 15.0. The number of fused-ring (bicyclic) bond motifs is 1. The van der Waals surface area contributed by atoms with Crippen molar-refractivity contribution >= 4 is 11.9 Å². The van der Waals surface area contributed by atoms with Crippen LogP contribution in [-0.4, -0.2) is 52.4 Å². The van der Waals surface area contributed by atoms with Crippen LogP contribution in [0.25, 0.3) is 0 Å². The molecule has 2 heterocycles. The molecule has 0 radical (unpaired) electrons. The summed E-state index contributed by atoms with van der Waals surface area (Å²) in [6, 6.07) is 8.35. The average Bonchev–Trinajstić information content (AvgIpc) is 2.97. The molecule has 0 unspecified atom stereocenters. The van der Waals surface area contributed by atoms with E-state index in [0.29, 0.717) is 30.8 Å². The molecule has 0 aliphatic carbocycles. The van der Waals surface area contributed by atoms with E-state index >= 15 is 0 Å². The number of ether oxygens (including phenoxy) is 2. The van der Waals surface area contributed by atoms with Crippen molar-refractivity contribution in [2.75, 3.05) is 20.8 Å². The second kappa shape index (κ2) is 7.57. The average molecular weight is 359 g/mol. The molecule has 1 aliphatic rings. The number of esters is 1. The predicted octanol–water partition coefficient (Wildman–Crippen LogP) is 1.14. The summed E-state index contributed by atoms with van der Waals surface area (Å²) in [5.74, 6) is -0.242. The van der Waals surface area contributed by atoms with E-state index in [4.69, 9.17) is 4.74 Å². The number of aryl methyl sites for hydroxylation is 1. The first-order valence-corrected chi connectivity index (χ1v) is 8.29. The van der Waals surface area contributed by atoms with Gasteiger partial charge in [-0.15, -0.1) is 0 Å². The summed E-state index contributed by atoms with van der Waals surface area (Å²) in [5, 5.41) is 14.7.